The number of nitrogens with one attached hydrogen (secondary N) is 1. The van der Waals surface area contributed by atoms with Gasteiger partial charge in [-0.15, -0.1) is 0 Å². The summed E-state index contributed by atoms with van der Waals surface area (Å²) >= 11 is 0. The van der Waals surface area contributed by atoms with E-state index in [4.69, 9.17) is 9.47 Å². The maximum atomic E-state index is 14.2. The van der Waals surface area contributed by atoms with E-state index in [-0.39, 0.29) is 41.2 Å². The Balaban J connectivity index is 2.15. The second kappa shape index (κ2) is 14.2. The average molecular weight is 600 g/mol. The quantitative estimate of drug-likeness (QED) is 0.306. The van der Waals surface area contributed by atoms with Crippen LogP contribution in [0, 0.1) is 12.7 Å². The summed E-state index contributed by atoms with van der Waals surface area (Å²) in [6, 6.07) is 15.4. The molecule has 1 N–H and O–H groups in total. The molecule has 1 atom stereocenters. The highest BCUT2D eigenvalue weighted by Crippen LogP contribution is 2.36. The molecule has 3 rings (SSSR count). The highest BCUT2D eigenvalue weighted by atomic mass is 32.2. The van der Waals surface area contributed by atoms with Gasteiger partial charge in [0.1, 0.15) is 29.9 Å². The van der Waals surface area contributed by atoms with E-state index in [1.54, 1.807) is 31.2 Å². The van der Waals surface area contributed by atoms with Crippen molar-refractivity contribution < 1.29 is 31.9 Å². The van der Waals surface area contributed by atoms with Crippen molar-refractivity contribution in [3.8, 4) is 11.5 Å². The molecule has 0 heterocycles. The maximum absolute atomic E-state index is 14.2. The lowest BCUT2D eigenvalue weighted by atomic mass is 10.1. The molecule has 0 unspecified atom stereocenters. The molecule has 0 aliphatic rings. The van der Waals surface area contributed by atoms with Gasteiger partial charge in [-0.3, -0.25) is 13.9 Å². The van der Waals surface area contributed by atoms with Crippen LogP contribution in [0.15, 0.2) is 71.6 Å². The number of anilines is 1. The molecule has 2 amide bonds. The SMILES string of the molecule is CC[C@H](C(=O)NC(C)C)N(Cc1ccc(F)cc1)C(=O)CN(c1cc(OC)ccc1OC)S(=O)(=O)c1ccc(C)cc1. The lowest BCUT2D eigenvalue weighted by molar-refractivity contribution is -0.140. The molecule has 0 saturated carbocycles. The van der Waals surface area contributed by atoms with Crippen LogP contribution in [0.1, 0.15) is 38.3 Å². The van der Waals surface area contributed by atoms with Gasteiger partial charge in [0.05, 0.1) is 24.8 Å². The Hall–Kier alpha value is -4.12. The highest BCUT2D eigenvalue weighted by Gasteiger charge is 2.35. The van der Waals surface area contributed by atoms with Crippen LogP contribution >= 0.6 is 0 Å². The van der Waals surface area contributed by atoms with Gasteiger partial charge in [0.15, 0.2) is 0 Å². The molecule has 0 fully saturated rings. The molecule has 11 heteroatoms. The van der Waals surface area contributed by atoms with Crippen molar-refractivity contribution >= 4 is 27.5 Å². The second-order valence-electron chi connectivity index (χ2n) is 10.1. The monoisotopic (exact) mass is 599 g/mol. The Bertz CT molecular complexity index is 1480. The average Bonchev–Trinajstić information content (AvgIpc) is 2.96. The summed E-state index contributed by atoms with van der Waals surface area (Å²) in [5, 5.41) is 2.84. The normalized spacial score (nSPS) is 12.0. The number of benzene rings is 3. The molecule has 0 saturated heterocycles. The molecule has 0 aromatic heterocycles. The minimum Gasteiger partial charge on any atom is -0.497 e. The van der Waals surface area contributed by atoms with E-state index in [1.807, 2.05) is 20.8 Å². The Morgan fingerprint density at radius 3 is 2.14 bits per heavy atom. The number of carbonyl (C=O) groups is 2. The van der Waals surface area contributed by atoms with E-state index >= 15 is 0 Å². The van der Waals surface area contributed by atoms with Crippen molar-refractivity contribution in [1.82, 2.24) is 10.2 Å². The molecule has 0 aliphatic heterocycles. The Morgan fingerprint density at radius 2 is 1.60 bits per heavy atom. The summed E-state index contributed by atoms with van der Waals surface area (Å²) in [7, 11) is -1.47. The predicted molar refractivity (Wildman–Crippen MR) is 160 cm³/mol. The summed E-state index contributed by atoms with van der Waals surface area (Å²) < 4.78 is 53.7. The zero-order chi connectivity index (χ0) is 31.0. The fourth-order valence-electron chi connectivity index (χ4n) is 4.43. The third-order valence-corrected chi connectivity index (χ3v) is 8.40. The molecule has 3 aromatic rings. The number of hydrogen-bond acceptors (Lipinski definition) is 6. The minimum atomic E-state index is -4.31. The maximum Gasteiger partial charge on any atom is 0.264 e. The van der Waals surface area contributed by atoms with Gasteiger partial charge in [-0.1, -0.05) is 36.8 Å². The number of nitrogens with zero attached hydrogens (tertiary/aromatic N) is 2. The van der Waals surface area contributed by atoms with E-state index in [2.05, 4.69) is 5.32 Å². The van der Waals surface area contributed by atoms with Gasteiger partial charge in [-0.25, -0.2) is 12.8 Å². The number of aryl methyl sites for hydroxylation is 1. The fraction of sp³-hybridized carbons (Fsp3) is 0.355. The molecule has 226 valence electrons. The molecule has 0 radical (unpaired) electrons. The lowest BCUT2D eigenvalue weighted by Gasteiger charge is -2.34. The summed E-state index contributed by atoms with van der Waals surface area (Å²) in [5.41, 5.74) is 1.53. The van der Waals surface area contributed by atoms with Crippen LogP contribution in [0.25, 0.3) is 0 Å². The Kier molecular flexibility index (Phi) is 10.9. The van der Waals surface area contributed by atoms with E-state index < -0.39 is 34.3 Å². The molecule has 42 heavy (non-hydrogen) atoms. The Morgan fingerprint density at radius 1 is 0.952 bits per heavy atom. The molecule has 3 aromatic carbocycles. The van der Waals surface area contributed by atoms with E-state index in [0.717, 1.165) is 9.87 Å². The van der Waals surface area contributed by atoms with Crippen LogP contribution in [-0.2, 0) is 26.2 Å². The van der Waals surface area contributed by atoms with E-state index in [9.17, 15) is 22.4 Å². The lowest BCUT2D eigenvalue weighted by Crippen LogP contribution is -2.53. The first-order valence-corrected chi connectivity index (χ1v) is 15.0. The molecule has 0 aliphatic carbocycles. The standard InChI is InChI=1S/C31H38FN3O6S/c1-7-27(31(37)33-21(2)3)34(19-23-10-12-24(32)13-11-23)30(36)20-35(28-18-25(40-5)14-17-29(28)41-6)42(38,39)26-15-8-22(4)9-16-26/h8-18,21,27H,7,19-20H2,1-6H3,(H,33,37)/t27-/m1/s1. The molecule has 0 spiro atoms. The number of ether oxygens (including phenoxy) is 2. The first-order valence-electron chi connectivity index (χ1n) is 13.6. The van der Waals surface area contributed by atoms with E-state index in [1.165, 1.54) is 61.6 Å². The van der Waals surface area contributed by atoms with Crippen LogP contribution in [0.2, 0.25) is 0 Å². The van der Waals surface area contributed by atoms with Gasteiger partial charge < -0.3 is 19.7 Å². The third-order valence-electron chi connectivity index (χ3n) is 6.63. The zero-order valence-corrected chi connectivity index (χ0v) is 25.6. The van der Waals surface area contributed by atoms with E-state index in [0.29, 0.717) is 11.3 Å². The third kappa shape index (κ3) is 7.79. The highest BCUT2D eigenvalue weighted by molar-refractivity contribution is 7.92. The zero-order valence-electron chi connectivity index (χ0n) is 24.8. The van der Waals surface area contributed by atoms with Gasteiger partial charge in [-0.2, -0.15) is 0 Å². The molecule has 0 bridgehead atoms. The van der Waals surface area contributed by atoms with Crippen molar-refractivity contribution in [2.45, 2.75) is 57.6 Å². The fourth-order valence-corrected chi connectivity index (χ4v) is 5.85. The van der Waals surface area contributed by atoms with Crippen LogP contribution in [-0.4, -0.2) is 58.0 Å². The van der Waals surface area contributed by atoms with Crippen molar-refractivity contribution in [2.75, 3.05) is 25.1 Å². The number of amides is 2. The van der Waals surface area contributed by atoms with Crippen molar-refractivity contribution in [3.63, 3.8) is 0 Å². The summed E-state index contributed by atoms with van der Waals surface area (Å²) in [4.78, 5) is 28.7. The van der Waals surface area contributed by atoms with Crippen molar-refractivity contribution in [1.29, 1.82) is 0 Å². The summed E-state index contributed by atoms with van der Waals surface area (Å²) in [5.74, 6) is -0.899. The number of hydrogen-bond donors (Lipinski definition) is 1. The van der Waals surface area contributed by atoms with Crippen molar-refractivity contribution in [2.24, 2.45) is 0 Å². The van der Waals surface area contributed by atoms with Gasteiger partial charge >= 0.3 is 0 Å². The second-order valence-corrected chi connectivity index (χ2v) is 12.0. The number of rotatable bonds is 13. The summed E-state index contributed by atoms with van der Waals surface area (Å²) in [6.07, 6.45) is 0.263. The van der Waals surface area contributed by atoms with Gasteiger partial charge in [0.25, 0.3) is 10.0 Å². The molecular formula is C31H38FN3O6S. The number of methoxy groups -OCH3 is 2. The van der Waals surface area contributed by atoms with Crippen molar-refractivity contribution in [3.05, 3.63) is 83.7 Å². The molecule has 9 nitrogen and oxygen atoms in total. The predicted octanol–water partition coefficient (Wildman–Crippen LogP) is 4.68. The smallest absolute Gasteiger partial charge is 0.264 e. The minimum absolute atomic E-state index is 0.0274. The first-order chi connectivity index (χ1) is 19.9. The molecular weight excluding hydrogens is 561 g/mol. The topological polar surface area (TPSA) is 105 Å². The van der Waals surface area contributed by atoms with Gasteiger partial charge in [-0.05, 0) is 69.2 Å². The summed E-state index contributed by atoms with van der Waals surface area (Å²) in [6.45, 7) is 6.53. The van der Waals surface area contributed by atoms with Gasteiger partial charge in [0, 0.05) is 18.7 Å². The van der Waals surface area contributed by atoms with Crippen LogP contribution in [0.5, 0.6) is 11.5 Å². The number of halogens is 1. The van der Waals surface area contributed by atoms with Gasteiger partial charge in [0.2, 0.25) is 11.8 Å². The van der Waals surface area contributed by atoms with Crippen LogP contribution in [0.3, 0.4) is 0 Å². The number of sulfonamides is 1. The van der Waals surface area contributed by atoms with Crippen LogP contribution < -0.4 is 19.1 Å². The largest absolute Gasteiger partial charge is 0.497 e. The van der Waals surface area contributed by atoms with Crippen LogP contribution in [0.4, 0.5) is 10.1 Å². The Labute approximate surface area is 247 Å². The number of carbonyl (C=O) groups excluding carboxylic acids is 2. The first kappa shape index (κ1) is 32.4.